The molecule has 3 N–H and O–H groups in total. The van der Waals surface area contributed by atoms with Crippen LogP contribution in [0.5, 0.6) is 5.75 Å². The minimum absolute atomic E-state index is 0.00468. The van der Waals surface area contributed by atoms with Gasteiger partial charge in [-0.2, -0.15) is 0 Å². The van der Waals surface area contributed by atoms with Gasteiger partial charge in [-0.1, -0.05) is 32.0 Å². The van der Waals surface area contributed by atoms with Gasteiger partial charge in [-0.15, -0.1) is 0 Å². The number of hydrogen-bond acceptors (Lipinski definition) is 4. The number of carbonyl (C=O) groups excluding carboxylic acids is 1. The number of nitrogens with one attached hydrogen (secondary N) is 1. The molecule has 0 spiro atoms. The third-order valence-electron chi connectivity index (χ3n) is 4.32. The van der Waals surface area contributed by atoms with E-state index in [1.165, 1.54) is 0 Å². The minimum Gasteiger partial charge on any atom is -0.487 e. The molecule has 0 aliphatic carbocycles. The summed E-state index contributed by atoms with van der Waals surface area (Å²) < 4.78 is 5.84. The van der Waals surface area contributed by atoms with Crippen LogP contribution in [-0.2, 0) is 4.79 Å². The van der Waals surface area contributed by atoms with Crippen molar-refractivity contribution >= 4 is 23.0 Å². The number of ether oxygens (including phenoxy) is 1. The largest absolute Gasteiger partial charge is 0.487 e. The molecule has 2 aromatic carbocycles. The molecule has 25 heavy (non-hydrogen) atoms. The molecule has 0 bridgehead atoms. The monoisotopic (exact) mass is 339 g/mol. The van der Waals surface area contributed by atoms with Gasteiger partial charge in [0.05, 0.1) is 18.8 Å². The highest BCUT2D eigenvalue weighted by Crippen LogP contribution is 2.35. The number of anilines is 3. The summed E-state index contributed by atoms with van der Waals surface area (Å²) in [6, 6.07) is 13.5. The smallest absolute Gasteiger partial charge is 0.243 e. The Labute approximate surface area is 148 Å². The second-order valence-electron chi connectivity index (χ2n) is 6.83. The number of hydrogen-bond donors (Lipinski definition) is 2. The number of para-hydroxylation sites is 1. The Bertz CT molecular complexity index is 773. The lowest BCUT2D eigenvalue weighted by molar-refractivity contribution is -0.115. The van der Waals surface area contributed by atoms with Gasteiger partial charge in [0.2, 0.25) is 5.91 Å². The average molecular weight is 339 g/mol. The van der Waals surface area contributed by atoms with E-state index in [-0.39, 0.29) is 18.6 Å². The maximum absolute atomic E-state index is 12.6. The van der Waals surface area contributed by atoms with Gasteiger partial charge < -0.3 is 20.7 Å². The van der Waals surface area contributed by atoms with E-state index in [1.54, 1.807) is 0 Å². The Kier molecular flexibility index (Phi) is 4.83. The lowest BCUT2D eigenvalue weighted by Crippen LogP contribution is -2.42. The molecule has 1 atom stereocenters. The molecule has 0 saturated carbocycles. The molecule has 3 rings (SSSR count). The van der Waals surface area contributed by atoms with Crippen LogP contribution in [0, 0.1) is 0 Å². The van der Waals surface area contributed by atoms with Gasteiger partial charge in [0.15, 0.2) is 0 Å². The van der Waals surface area contributed by atoms with Crippen molar-refractivity contribution in [2.24, 2.45) is 0 Å². The second kappa shape index (κ2) is 7.05. The fraction of sp³-hybridized carbons (Fsp3) is 0.350. The molecular formula is C20H25N3O2. The number of nitrogens with zero attached hydrogens (tertiary/aromatic N) is 1. The quantitative estimate of drug-likeness (QED) is 0.835. The van der Waals surface area contributed by atoms with Crippen molar-refractivity contribution in [3.63, 3.8) is 0 Å². The molecule has 1 amide bonds. The lowest BCUT2D eigenvalue weighted by atomic mass is 10.0. The predicted molar refractivity (Wildman–Crippen MR) is 102 cm³/mol. The zero-order chi connectivity index (χ0) is 18.0. The molecule has 0 radical (unpaired) electrons. The molecule has 5 nitrogen and oxygen atoms in total. The van der Waals surface area contributed by atoms with E-state index in [0.717, 1.165) is 22.7 Å². The highest BCUT2D eigenvalue weighted by molar-refractivity contribution is 5.95. The first-order valence-corrected chi connectivity index (χ1v) is 8.64. The van der Waals surface area contributed by atoms with E-state index in [9.17, 15) is 4.79 Å². The van der Waals surface area contributed by atoms with Crippen LogP contribution in [0.3, 0.4) is 0 Å². The molecule has 5 heteroatoms. The number of rotatable bonds is 4. The summed E-state index contributed by atoms with van der Waals surface area (Å²) in [7, 11) is 0. The maximum atomic E-state index is 12.6. The van der Waals surface area contributed by atoms with E-state index >= 15 is 0 Å². The zero-order valence-electron chi connectivity index (χ0n) is 15.0. The van der Waals surface area contributed by atoms with Crippen LogP contribution >= 0.6 is 0 Å². The first-order chi connectivity index (χ1) is 11.9. The SMILES string of the molecule is CC1CN(CC(=O)Nc2ccccc2C(C)C)c2ccc(N)cc2O1. The van der Waals surface area contributed by atoms with Crippen molar-refractivity contribution < 1.29 is 9.53 Å². The molecule has 1 aliphatic rings. The Morgan fingerprint density at radius 2 is 2.08 bits per heavy atom. The number of nitrogens with two attached hydrogens (primary N) is 1. The molecule has 0 aromatic heterocycles. The van der Waals surface area contributed by atoms with Crippen LogP contribution in [-0.4, -0.2) is 25.1 Å². The standard InChI is InChI=1S/C20H25N3O2/c1-13(2)16-6-4-5-7-17(16)22-20(24)12-23-11-14(3)25-19-10-15(21)8-9-18(19)23/h4-10,13-14H,11-12,21H2,1-3H3,(H,22,24). The Balaban J connectivity index is 1.76. The second-order valence-corrected chi connectivity index (χ2v) is 6.83. The molecule has 1 heterocycles. The maximum Gasteiger partial charge on any atom is 0.243 e. The van der Waals surface area contributed by atoms with Crippen molar-refractivity contribution in [1.29, 1.82) is 0 Å². The number of nitrogen functional groups attached to an aromatic ring is 1. The summed E-state index contributed by atoms with van der Waals surface area (Å²) in [5.41, 5.74) is 9.42. The van der Waals surface area contributed by atoms with Gasteiger partial charge in [0.25, 0.3) is 0 Å². The average Bonchev–Trinajstić information content (AvgIpc) is 2.54. The third kappa shape index (κ3) is 3.87. The summed E-state index contributed by atoms with van der Waals surface area (Å²) >= 11 is 0. The summed E-state index contributed by atoms with van der Waals surface area (Å²) in [4.78, 5) is 14.7. The van der Waals surface area contributed by atoms with Gasteiger partial charge in [0.1, 0.15) is 11.9 Å². The van der Waals surface area contributed by atoms with Crippen LogP contribution in [0.25, 0.3) is 0 Å². The molecular weight excluding hydrogens is 314 g/mol. The normalized spacial score (nSPS) is 16.3. The van der Waals surface area contributed by atoms with Crippen molar-refractivity contribution in [2.45, 2.75) is 32.8 Å². The van der Waals surface area contributed by atoms with Crippen LogP contribution in [0.1, 0.15) is 32.3 Å². The highest BCUT2D eigenvalue weighted by atomic mass is 16.5. The fourth-order valence-electron chi connectivity index (χ4n) is 3.18. The lowest BCUT2D eigenvalue weighted by Gasteiger charge is -2.34. The van der Waals surface area contributed by atoms with Gasteiger partial charge in [-0.05, 0) is 36.6 Å². The molecule has 132 valence electrons. The van der Waals surface area contributed by atoms with Crippen LogP contribution < -0.4 is 20.7 Å². The fourth-order valence-corrected chi connectivity index (χ4v) is 3.18. The molecule has 2 aromatic rings. The van der Waals surface area contributed by atoms with E-state index in [1.807, 2.05) is 48.2 Å². The third-order valence-corrected chi connectivity index (χ3v) is 4.32. The number of amides is 1. The number of carbonyl (C=O) groups is 1. The van der Waals surface area contributed by atoms with Gasteiger partial charge >= 0.3 is 0 Å². The first-order valence-electron chi connectivity index (χ1n) is 8.64. The topological polar surface area (TPSA) is 67.6 Å². The molecule has 0 fully saturated rings. The van der Waals surface area contributed by atoms with E-state index < -0.39 is 0 Å². The van der Waals surface area contributed by atoms with E-state index in [0.29, 0.717) is 18.2 Å². The van der Waals surface area contributed by atoms with E-state index in [4.69, 9.17) is 10.5 Å². The summed E-state index contributed by atoms with van der Waals surface area (Å²) in [6.07, 6.45) is 0.00468. The Hall–Kier alpha value is -2.69. The van der Waals surface area contributed by atoms with Crippen molar-refractivity contribution in [2.75, 3.05) is 29.0 Å². The summed E-state index contributed by atoms with van der Waals surface area (Å²) in [6.45, 7) is 7.17. The molecule has 0 saturated heterocycles. The Morgan fingerprint density at radius 3 is 2.84 bits per heavy atom. The Morgan fingerprint density at radius 1 is 1.32 bits per heavy atom. The van der Waals surface area contributed by atoms with E-state index in [2.05, 4.69) is 25.2 Å². The number of fused-ring (bicyclic) bond motifs is 1. The highest BCUT2D eigenvalue weighted by Gasteiger charge is 2.25. The number of benzene rings is 2. The van der Waals surface area contributed by atoms with Gasteiger partial charge in [-0.25, -0.2) is 0 Å². The minimum atomic E-state index is -0.0371. The zero-order valence-corrected chi connectivity index (χ0v) is 15.0. The van der Waals surface area contributed by atoms with Crippen molar-refractivity contribution in [3.05, 3.63) is 48.0 Å². The predicted octanol–water partition coefficient (Wildman–Crippen LogP) is 3.62. The molecule has 1 aliphatic heterocycles. The van der Waals surface area contributed by atoms with Gasteiger partial charge in [-0.3, -0.25) is 4.79 Å². The summed E-state index contributed by atoms with van der Waals surface area (Å²) in [5.74, 6) is 1.04. The molecule has 1 unspecified atom stereocenters. The first kappa shape index (κ1) is 17.1. The van der Waals surface area contributed by atoms with Crippen LogP contribution in [0.15, 0.2) is 42.5 Å². The van der Waals surface area contributed by atoms with Crippen molar-refractivity contribution in [1.82, 2.24) is 0 Å². The van der Waals surface area contributed by atoms with Crippen LogP contribution in [0.4, 0.5) is 17.1 Å². The van der Waals surface area contributed by atoms with Crippen LogP contribution in [0.2, 0.25) is 0 Å². The van der Waals surface area contributed by atoms with Gasteiger partial charge in [0, 0.05) is 17.4 Å². The summed E-state index contributed by atoms with van der Waals surface area (Å²) in [5, 5.41) is 3.05. The van der Waals surface area contributed by atoms with Crippen molar-refractivity contribution in [3.8, 4) is 5.75 Å².